The van der Waals surface area contributed by atoms with Gasteiger partial charge in [-0.05, 0) is 51.9 Å². The lowest BCUT2D eigenvalue weighted by molar-refractivity contribution is 0.174. The van der Waals surface area contributed by atoms with E-state index >= 15 is 0 Å². The van der Waals surface area contributed by atoms with Crippen molar-refractivity contribution in [3.8, 4) is 0 Å². The number of aliphatic hydroxyl groups excluding tert-OH is 1. The molecule has 3 heteroatoms. The summed E-state index contributed by atoms with van der Waals surface area (Å²) in [5, 5.41) is 9.36. The monoisotopic (exact) mass is 198 g/mol. The molecule has 0 radical (unpaired) electrons. The molecule has 0 aromatic carbocycles. The van der Waals surface area contributed by atoms with Crippen molar-refractivity contribution >= 4 is 0 Å². The maximum Gasteiger partial charge on any atom is 0.0679 e. The summed E-state index contributed by atoms with van der Waals surface area (Å²) >= 11 is 0. The van der Waals surface area contributed by atoms with E-state index in [4.69, 9.17) is 0 Å². The van der Waals surface area contributed by atoms with Crippen molar-refractivity contribution in [3.63, 3.8) is 0 Å². The van der Waals surface area contributed by atoms with Crippen LogP contribution in [0.2, 0.25) is 0 Å². The number of hydrogen-bond acceptors (Lipinski definition) is 3. The molecule has 0 spiro atoms. The highest BCUT2D eigenvalue weighted by atomic mass is 16.3. The molecule has 0 amide bonds. The first-order valence-corrected chi connectivity index (χ1v) is 5.97. The van der Waals surface area contributed by atoms with Crippen molar-refractivity contribution in [2.45, 2.75) is 31.8 Å². The van der Waals surface area contributed by atoms with Crippen molar-refractivity contribution < 1.29 is 5.11 Å². The first-order valence-electron chi connectivity index (χ1n) is 5.97. The summed E-state index contributed by atoms with van der Waals surface area (Å²) in [7, 11) is 0. The van der Waals surface area contributed by atoms with Crippen molar-refractivity contribution in [2.75, 3.05) is 39.3 Å². The van der Waals surface area contributed by atoms with Crippen LogP contribution in [0.15, 0.2) is 0 Å². The van der Waals surface area contributed by atoms with E-state index in [9.17, 15) is 5.11 Å². The molecule has 2 rings (SSSR count). The lowest BCUT2D eigenvalue weighted by Gasteiger charge is -2.18. The zero-order chi connectivity index (χ0) is 9.80. The molecule has 0 aliphatic carbocycles. The number of nitrogens with zero attached hydrogens (tertiary/aromatic N) is 2. The van der Waals surface area contributed by atoms with Gasteiger partial charge in [-0.3, -0.25) is 0 Å². The molecule has 2 heterocycles. The van der Waals surface area contributed by atoms with E-state index in [0.717, 1.165) is 19.5 Å². The zero-order valence-corrected chi connectivity index (χ0v) is 8.99. The van der Waals surface area contributed by atoms with Crippen LogP contribution in [0, 0.1) is 0 Å². The number of hydrogen-bond donors (Lipinski definition) is 1. The van der Waals surface area contributed by atoms with Gasteiger partial charge in [-0.1, -0.05) is 0 Å². The lowest BCUT2D eigenvalue weighted by Crippen LogP contribution is -2.27. The van der Waals surface area contributed by atoms with E-state index in [0.29, 0.717) is 0 Å². The zero-order valence-electron chi connectivity index (χ0n) is 8.99. The van der Waals surface area contributed by atoms with E-state index in [1.54, 1.807) is 0 Å². The Labute approximate surface area is 86.7 Å². The highest BCUT2D eigenvalue weighted by Gasteiger charge is 2.19. The lowest BCUT2D eigenvalue weighted by atomic mass is 10.3. The van der Waals surface area contributed by atoms with Crippen LogP contribution in [-0.2, 0) is 0 Å². The van der Waals surface area contributed by atoms with Gasteiger partial charge in [-0.2, -0.15) is 0 Å². The largest absolute Gasteiger partial charge is 0.392 e. The second-order valence-corrected chi connectivity index (χ2v) is 4.65. The smallest absolute Gasteiger partial charge is 0.0679 e. The third-order valence-corrected chi connectivity index (χ3v) is 3.39. The van der Waals surface area contributed by atoms with Crippen LogP contribution < -0.4 is 0 Å². The molecule has 2 fully saturated rings. The van der Waals surface area contributed by atoms with Gasteiger partial charge in [0.2, 0.25) is 0 Å². The summed E-state index contributed by atoms with van der Waals surface area (Å²) < 4.78 is 0. The fraction of sp³-hybridized carbons (Fsp3) is 1.00. The third kappa shape index (κ3) is 2.94. The van der Waals surface area contributed by atoms with Gasteiger partial charge in [0.15, 0.2) is 0 Å². The molecule has 3 nitrogen and oxygen atoms in total. The standard InChI is InChI=1S/C11H22N2O/c14-11-4-9-13(10-11)8-3-7-12-5-1-2-6-12/h11,14H,1-10H2. The molecule has 2 aliphatic heterocycles. The summed E-state index contributed by atoms with van der Waals surface area (Å²) in [5.74, 6) is 0. The highest BCUT2D eigenvalue weighted by Crippen LogP contribution is 2.11. The van der Waals surface area contributed by atoms with Gasteiger partial charge in [-0.15, -0.1) is 0 Å². The van der Waals surface area contributed by atoms with Gasteiger partial charge < -0.3 is 14.9 Å². The molecule has 2 aliphatic rings. The molecular formula is C11H22N2O. The van der Waals surface area contributed by atoms with E-state index < -0.39 is 0 Å². The quantitative estimate of drug-likeness (QED) is 0.714. The summed E-state index contributed by atoms with van der Waals surface area (Å²) in [4.78, 5) is 4.95. The maximum absolute atomic E-state index is 9.36. The van der Waals surface area contributed by atoms with Gasteiger partial charge >= 0.3 is 0 Å². The predicted octanol–water partition coefficient (Wildman–Crippen LogP) is 0.539. The predicted molar refractivity (Wildman–Crippen MR) is 57.4 cm³/mol. The minimum Gasteiger partial charge on any atom is -0.392 e. The van der Waals surface area contributed by atoms with Gasteiger partial charge in [0.05, 0.1) is 6.10 Å². The maximum atomic E-state index is 9.36. The van der Waals surface area contributed by atoms with Crippen molar-refractivity contribution in [1.29, 1.82) is 0 Å². The molecule has 0 aromatic rings. The Morgan fingerprint density at radius 1 is 1.00 bits per heavy atom. The average molecular weight is 198 g/mol. The Bertz CT molecular complexity index is 169. The van der Waals surface area contributed by atoms with E-state index in [1.807, 2.05) is 0 Å². The molecule has 1 N–H and O–H groups in total. The molecule has 0 aromatic heterocycles. The Hall–Kier alpha value is -0.120. The molecule has 14 heavy (non-hydrogen) atoms. The average Bonchev–Trinajstić information content (AvgIpc) is 2.77. The number of aliphatic hydroxyl groups is 1. The topological polar surface area (TPSA) is 26.7 Å². The second kappa shape index (κ2) is 5.10. The molecule has 0 bridgehead atoms. The summed E-state index contributed by atoms with van der Waals surface area (Å²) in [5.41, 5.74) is 0. The SMILES string of the molecule is OC1CCN(CCCN2CCCC2)C1. The van der Waals surface area contributed by atoms with Crippen LogP contribution in [0.5, 0.6) is 0 Å². The third-order valence-electron chi connectivity index (χ3n) is 3.39. The molecule has 2 saturated heterocycles. The van der Waals surface area contributed by atoms with E-state index in [1.165, 1.54) is 45.4 Å². The first kappa shape index (κ1) is 10.4. The molecule has 82 valence electrons. The first-order chi connectivity index (χ1) is 6.84. The minimum atomic E-state index is -0.0539. The van der Waals surface area contributed by atoms with Crippen LogP contribution in [0.1, 0.15) is 25.7 Å². The molecule has 1 atom stereocenters. The number of β-amino-alcohol motifs (C(OH)–C–C–N with tert-alkyl or cyclic N) is 1. The Morgan fingerprint density at radius 2 is 1.71 bits per heavy atom. The fourth-order valence-corrected chi connectivity index (χ4v) is 2.54. The normalized spacial score (nSPS) is 30.2. The highest BCUT2D eigenvalue weighted by molar-refractivity contribution is 4.75. The van der Waals surface area contributed by atoms with Crippen molar-refractivity contribution in [2.24, 2.45) is 0 Å². The van der Waals surface area contributed by atoms with Gasteiger partial charge in [0, 0.05) is 13.1 Å². The van der Waals surface area contributed by atoms with Crippen LogP contribution >= 0.6 is 0 Å². The van der Waals surface area contributed by atoms with Crippen LogP contribution in [0.4, 0.5) is 0 Å². The number of likely N-dealkylation sites (tertiary alicyclic amines) is 2. The Kier molecular flexibility index (Phi) is 3.79. The summed E-state index contributed by atoms with van der Waals surface area (Å²) in [6, 6.07) is 0. The molecule has 0 saturated carbocycles. The Balaban J connectivity index is 1.54. The summed E-state index contributed by atoms with van der Waals surface area (Å²) in [6.07, 6.45) is 4.98. The number of rotatable bonds is 4. The van der Waals surface area contributed by atoms with E-state index in [-0.39, 0.29) is 6.10 Å². The van der Waals surface area contributed by atoms with Gasteiger partial charge in [0.1, 0.15) is 0 Å². The van der Waals surface area contributed by atoms with Gasteiger partial charge in [0.25, 0.3) is 0 Å². The summed E-state index contributed by atoms with van der Waals surface area (Å²) in [6.45, 7) is 7.05. The Morgan fingerprint density at radius 3 is 2.36 bits per heavy atom. The second-order valence-electron chi connectivity index (χ2n) is 4.65. The van der Waals surface area contributed by atoms with Gasteiger partial charge in [-0.25, -0.2) is 0 Å². The molecule has 1 unspecified atom stereocenters. The van der Waals surface area contributed by atoms with Crippen LogP contribution in [0.25, 0.3) is 0 Å². The fourth-order valence-electron chi connectivity index (χ4n) is 2.54. The minimum absolute atomic E-state index is 0.0539. The van der Waals surface area contributed by atoms with Crippen LogP contribution in [0.3, 0.4) is 0 Å². The van der Waals surface area contributed by atoms with Crippen molar-refractivity contribution in [1.82, 2.24) is 9.80 Å². The van der Waals surface area contributed by atoms with E-state index in [2.05, 4.69) is 9.80 Å². The van der Waals surface area contributed by atoms with Crippen molar-refractivity contribution in [3.05, 3.63) is 0 Å². The molecular weight excluding hydrogens is 176 g/mol. The van der Waals surface area contributed by atoms with Crippen LogP contribution in [-0.4, -0.2) is 60.3 Å².